The minimum atomic E-state index is -0.559. The van der Waals surface area contributed by atoms with E-state index in [9.17, 15) is 9.90 Å². The van der Waals surface area contributed by atoms with Crippen molar-refractivity contribution in [2.75, 3.05) is 0 Å². The minimum Gasteiger partial charge on any atom is -0.507 e. The van der Waals surface area contributed by atoms with E-state index in [1.54, 1.807) is 6.07 Å². The molecule has 0 radical (unpaired) electrons. The second kappa shape index (κ2) is 4.10. The summed E-state index contributed by atoms with van der Waals surface area (Å²) in [5.74, 6) is -0.639. The molecular weight excluding hydrogens is 180 g/mol. The van der Waals surface area contributed by atoms with E-state index >= 15 is 0 Å². The molecule has 0 aliphatic rings. The lowest BCUT2D eigenvalue weighted by Crippen LogP contribution is -2.05. The fourth-order valence-corrected chi connectivity index (χ4v) is 0.925. The Labute approximate surface area is 80.9 Å². The van der Waals surface area contributed by atoms with Gasteiger partial charge in [-0.25, -0.2) is 0 Å². The monoisotopic (exact) mass is 188 g/mol. The molecule has 0 fully saturated rings. The van der Waals surface area contributed by atoms with Crippen molar-refractivity contribution in [2.24, 2.45) is 5.73 Å². The van der Waals surface area contributed by atoms with Crippen LogP contribution in [0.25, 0.3) is 6.08 Å². The Morgan fingerprint density at radius 1 is 1.57 bits per heavy atom. The van der Waals surface area contributed by atoms with E-state index in [1.807, 2.05) is 6.07 Å². The Morgan fingerprint density at radius 3 is 2.86 bits per heavy atom. The average molecular weight is 188 g/mol. The fraction of sp³-hybridized carbons (Fsp3) is 0. The number of benzene rings is 1. The highest BCUT2D eigenvalue weighted by Gasteiger charge is 1.99. The van der Waals surface area contributed by atoms with Crippen LogP contribution in [0.5, 0.6) is 5.75 Å². The number of carbonyl (C=O) groups excluding carboxylic acids is 1. The van der Waals surface area contributed by atoms with Crippen molar-refractivity contribution in [2.45, 2.75) is 0 Å². The maximum Gasteiger partial charge on any atom is 0.241 e. The average Bonchev–Trinajstić information content (AvgIpc) is 2.16. The molecule has 70 valence electrons. The molecule has 1 aromatic carbocycles. The highest BCUT2D eigenvalue weighted by atomic mass is 16.3. The zero-order valence-corrected chi connectivity index (χ0v) is 7.27. The van der Waals surface area contributed by atoms with E-state index < -0.39 is 5.91 Å². The van der Waals surface area contributed by atoms with Crippen molar-refractivity contribution in [1.29, 1.82) is 5.26 Å². The van der Waals surface area contributed by atoms with Gasteiger partial charge in [0.25, 0.3) is 0 Å². The van der Waals surface area contributed by atoms with Gasteiger partial charge in [0, 0.05) is 6.08 Å². The van der Waals surface area contributed by atoms with E-state index in [2.05, 4.69) is 0 Å². The van der Waals surface area contributed by atoms with Crippen LogP contribution in [0.15, 0.2) is 24.3 Å². The summed E-state index contributed by atoms with van der Waals surface area (Å²) >= 11 is 0. The highest BCUT2D eigenvalue weighted by molar-refractivity contribution is 5.90. The SMILES string of the molecule is N#Cc1cc(C=CC(N)=O)ccc1O. The van der Waals surface area contributed by atoms with Gasteiger partial charge in [-0.3, -0.25) is 4.79 Å². The molecule has 4 heteroatoms. The van der Waals surface area contributed by atoms with Gasteiger partial charge in [0.05, 0.1) is 5.56 Å². The molecule has 0 unspecified atom stereocenters. The number of amides is 1. The molecule has 4 nitrogen and oxygen atoms in total. The van der Waals surface area contributed by atoms with Gasteiger partial charge in [-0.2, -0.15) is 5.26 Å². The highest BCUT2D eigenvalue weighted by Crippen LogP contribution is 2.17. The predicted molar refractivity (Wildman–Crippen MR) is 51.1 cm³/mol. The number of primary amides is 1. The van der Waals surface area contributed by atoms with E-state index in [-0.39, 0.29) is 11.3 Å². The third kappa shape index (κ3) is 2.35. The lowest BCUT2D eigenvalue weighted by atomic mass is 10.1. The van der Waals surface area contributed by atoms with Crippen LogP contribution in [0.3, 0.4) is 0 Å². The zero-order chi connectivity index (χ0) is 10.6. The van der Waals surface area contributed by atoms with Crippen LogP contribution in [-0.2, 0) is 4.79 Å². The Bertz CT molecular complexity index is 430. The predicted octanol–water partition coefficient (Wildman–Crippen LogP) is 0.762. The number of carbonyl (C=O) groups is 1. The lowest BCUT2D eigenvalue weighted by molar-refractivity contribution is -0.113. The molecule has 0 bridgehead atoms. The number of nitrogens with zero attached hydrogens (tertiary/aromatic N) is 1. The third-order valence-electron chi connectivity index (χ3n) is 1.58. The molecule has 0 heterocycles. The maximum atomic E-state index is 10.4. The number of hydrogen-bond acceptors (Lipinski definition) is 3. The van der Waals surface area contributed by atoms with E-state index in [0.29, 0.717) is 5.56 Å². The summed E-state index contributed by atoms with van der Waals surface area (Å²) in [7, 11) is 0. The Kier molecular flexibility index (Phi) is 2.87. The number of phenols is 1. The van der Waals surface area contributed by atoms with Crippen LogP contribution in [0.1, 0.15) is 11.1 Å². The maximum absolute atomic E-state index is 10.4. The quantitative estimate of drug-likeness (QED) is 0.671. The number of aromatic hydroxyl groups is 1. The fourth-order valence-electron chi connectivity index (χ4n) is 0.925. The summed E-state index contributed by atoms with van der Waals surface area (Å²) in [4.78, 5) is 10.4. The van der Waals surface area contributed by atoms with E-state index in [0.717, 1.165) is 0 Å². The number of nitriles is 1. The van der Waals surface area contributed by atoms with Crippen molar-refractivity contribution < 1.29 is 9.90 Å². The van der Waals surface area contributed by atoms with Gasteiger partial charge >= 0.3 is 0 Å². The summed E-state index contributed by atoms with van der Waals surface area (Å²) < 4.78 is 0. The summed E-state index contributed by atoms with van der Waals surface area (Å²) in [5, 5.41) is 17.8. The van der Waals surface area contributed by atoms with Crippen LogP contribution in [0.2, 0.25) is 0 Å². The van der Waals surface area contributed by atoms with Crippen LogP contribution >= 0.6 is 0 Å². The number of phenolic OH excluding ortho intramolecular Hbond substituents is 1. The molecule has 1 aromatic rings. The van der Waals surface area contributed by atoms with Crippen LogP contribution < -0.4 is 5.73 Å². The molecule has 0 saturated heterocycles. The van der Waals surface area contributed by atoms with Crippen molar-refractivity contribution in [3.05, 3.63) is 35.4 Å². The topological polar surface area (TPSA) is 87.1 Å². The Hall–Kier alpha value is -2.28. The Balaban J connectivity index is 3.03. The lowest BCUT2D eigenvalue weighted by Gasteiger charge is -1.96. The second-order valence-corrected chi connectivity index (χ2v) is 2.62. The van der Waals surface area contributed by atoms with Gasteiger partial charge in [-0.15, -0.1) is 0 Å². The first-order valence-electron chi connectivity index (χ1n) is 3.84. The smallest absolute Gasteiger partial charge is 0.241 e. The summed E-state index contributed by atoms with van der Waals surface area (Å²) in [5.41, 5.74) is 5.70. The standard InChI is InChI=1S/C10H8N2O2/c11-6-8-5-7(1-3-9(8)13)2-4-10(12)14/h1-5,13H,(H2,12,14). The number of rotatable bonds is 2. The van der Waals surface area contributed by atoms with Gasteiger partial charge in [-0.05, 0) is 23.8 Å². The first kappa shape index (κ1) is 9.81. The van der Waals surface area contributed by atoms with E-state index in [1.165, 1.54) is 24.3 Å². The van der Waals surface area contributed by atoms with E-state index in [4.69, 9.17) is 11.0 Å². The van der Waals surface area contributed by atoms with Gasteiger partial charge in [-0.1, -0.05) is 6.07 Å². The number of nitrogens with two attached hydrogens (primary N) is 1. The van der Waals surface area contributed by atoms with Gasteiger partial charge in [0.1, 0.15) is 11.8 Å². The van der Waals surface area contributed by atoms with Gasteiger partial charge in [0.15, 0.2) is 0 Å². The van der Waals surface area contributed by atoms with Crippen LogP contribution in [-0.4, -0.2) is 11.0 Å². The summed E-state index contributed by atoms with van der Waals surface area (Å²) in [6.45, 7) is 0. The largest absolute Gasteiger partial charge is 0.507 e. The van der Waals surface area contributed by atoms with Crippen LogP contribution in [0, 0.1) is 11.3 Å². The third-order valence-corrected chi connectivity index (χ3v) is 1.58. The van der Waals surface area contributed by atoms with Crippen molar-refractivity contribution in [1.82, 2.24) is 0 Å². The molecule has 0 aliphatic heterocycles. The molecule has 0 atom stereocenters. The molecule has 0 aliphatic carbocycles. The van der Waals surface area contributed by atoms with Crippen molar-refractivity contribution in [3.63, 3.8) is 0 Å². The second-order valence-electron chi connectivity index (χ2n) is 2.62. The van der Waals surface area contributed by atoms with Gasteiger partial charge in [0.2, 0.25) is 5.91 Å². The van der Waals surface area contributed by atoms with Crippen molar-refractivity contribution in [3.8, 4) is 11.8 Å². The molecule has 0 aromatic heterocycles. The summed E-state index contributed by atoms with van der Waals surface area (Å²) in [6, 6.07) is 6.26. The molecular formula is C10H8N2O2. The molecule has 1 amide bonds. The minimum absolute atomic E-state index is 0.0799. The van der Waals surface area contributed by atoms with Crippen molar-refractivity contribution >= 4 is 12.0 Å². The zero-order valence-electron chi connectivity index (χ0n) is 7.27. The summed E-state index contributed by atoms with van der Waals surface area (Å²) in [6.07, 6.45) is 2.66. The molecule has 3 N–H and O–H groups in total. The Morgan fingerprint density at radius 2 is 2.29 bits per heavy atom. The first-order chi connectivity index (χ1) is 6.63. The molecule has 14 heavy (non-hydrogen) atoms. The van der Waals surface area contributed by atoms with Crippen LogP contribution in [0.4, 0.5) is 0 Å². The van der Waals surface area contributed by atoms with Gasteiger partial charge < -0.3 is 10.8 Å². The molecule has 0 saturated carbocycles. The number of hydrogen-bond donors (Lipinski definition) is 2. The molecule has 1 rings (SSSR count). The first-order valence-corrected chi connectivity index (χ1v) is 3.84. The normalized spacial score (nSPS) is 9.93. The molecule has 0 spiro atoms.